The molecule has 0 aliphatic heterocycles. The lowest BCUT2D eigenvalue weighted by Crippen LogP contribution is -2.17. The predicted molar refractivity (Wildman–Crippen MR) is 74.1 cm³/mol. The Morgan fingerprint density at radius 1 is 1.25 bits per heavy atom. The molecule has 0 spiro atoms. The Morgan fingerprint density at radius 2 is 2.06 bits per heavy atom. The van der Waals surface area contributed by atoms with E-state index in [4.69, 9.17) is 0 Å². The Bertz CT molecular complexity index is 465. The summed E-state index contributed by atoms with van der Waals surface area (Å²) in [6.07, 6.45) is 0. The minimum absolute atomic E-state index is 0.289. The Kier molecular flexibility index (Phi) is 3.79. The third-order valence-electron chi connectivity index (χ3n) is 2.74. The van der Waals surface area contributed by atoms with Gasteiger partial charge in [-0.2, -0.15) is 0 Å². The van der Waals surface area contributed by atoms with Crippen molar-refractivity contribution in [2.24, 2.45) is 0 Å². The molecule has 1 N–H and O–H groups in total. The third kappa shape index (κ3) is 2.21. The average Bonchev–Trinajstić information content (AvgIpc) is 2.79. The van der Waals surface area contributed by atoms with Crippen molar-refractivity contribution in [3.8, 4) is 0 Å². The molecule has 1 atom stereocenters. The van der Waals surface area contributed by atoms with E-state index in [2.05, 4.69) is 63.9 Å². The average molecular weight is 296 g/mol. The summed E-state index contributed by atoms with van der Waals surface area (Å²) in [5.74, 6) is 0. The van der Waals surface area contributed by atoms with E-state index in [0.717, 1.165) is 0 Å². The summed E-state index contributed by atoms with van der Waals surface area (Å²) in [5.41, 5.74) is 2.63. The first-order valence-corrected chi connectivity index (χ1v) is 6.87. The van der Waals surface area contributed by atoms with Crippen molar-refractivity contribution >= 4 is 27.3 Å². The quantitative estimate of drug-likeness (QED) is 0.898. The Labute approximate surface area is 109 Å². The molecule has 0 aliphatic rings. The van der Waals surface area contributed by atoms with Gasteiger partial charge in [-0.05, 0) is 42.6 Å². The minimum atomic E-state index is 0.289. The van der Waals surface area contributed by atoms with E-state index < -0.39 is 0 Å². The molecular formula is C13H14BrNS. The summed E-state index contributed by atoms with van der Waals surface area (Å²) in [6.45, 7) is 2.15. The maximum Gasteiger partial charge on any atom is 0.0671 e. The van der Waals surface area contributed by atoms with Crippen LogP contribution in [0.5, 0.6) is 0 Å². The highest BCUT2D eigenvalue weighted by Crippen LogP contribution is 2.30. The van der Waals surface area contributed by atoms with E-state index in [-0.39, 0.29) is 6.04 Å². The highest BCUT2D eigenvalue weighted by atomic mass is 79.9. The second-order valence-corrected chi connectivity index (χ2v) is 5.52. The van der Waals surface area contributed by atoms with Crippen LogP contribution in [0, 0.1) is 6.92 Å². The van der Waals surface area contributed by atoms with E-state index in [0.29, 0.717) is 0 Å². The fourth-order valence-corrected chi connectivity index (χ4v) is 3.08. The molecule has 0 amide bonds. The van der Waals surface area contributed by atoms with Crippen LogP contribution in [-0.4, -0.2) is 7.05 Å². The van der Waals surface area contributed by atoms with Gasteiger partial charge in [0, 0.05) is 9.35 Å². The smallest absolute Gasteiger partial charge is 0.0671 e. The standard InChI is InChI=1S/C13H14BrNS/c1-9-10(5-3-6-11(9)14)13(15-2)12-7-4-8-16-12/h3-8,13,15H,1-2H3. The van der Waals surface area contributed by atoms with Gasteiger partial charge in [-0.15, -0.1) is 11.3 Å². The molecular weight excluding hydrogens is 282 g/mol. The Balaban J connectivity index is 2.45. The van der Waals surface area contributed by atoms with Crippen molar-refractivity contribution in [3.63, 3.8) is 0 Å². The molecule has 2 aromatic rings. The van der Waals surface area contributed by atoms with Gasteiger partial charge in [0.1, 0.15) is 0 Å². The topological polar surface area (TPSA) is 12.0 Å². The van der Waals surface area contributed by atoms with Crippen LogP contribution in [0.1, 0.15) is 22.0 Å². The maximum absolute atomic E-state index is 3.58. The first kappa shape index (κ1) is 11.8. The summed E-state index contributed by atoms with van der Waals surface area (Å²) in [7, 11) is 2.00. The zero-order valence-corrected chi connectivity index (χ0v) is 11.7. The van der Waals surface area contributed by atoms with E-state index >= 15 is 0 Å². The van der Waals surface area contributed by atoms with E-state index in [1.54, 1.807) is 11.3 Å². The molecule has 0 aliphatic carbocycles. The van der Waals surface area contributed by atoms with Gasteiger partial charge in [0.05, 0.1) is 6.04 Å². The normalized spacial score (nSPS) is 12.7. The van der Waals surface area contributed by atoms with E-state index in [9.17, 15) is 0 Å². The summed E-state index contributed by atoms with van der Waals surface area (Å²) in [4.78, 5) is 1.35. The maximum atomic E-state index is 3.58. The largest absolute Gasteiger partial charge is 0.309 e. The second kappa shape index (κ2) is 5.13. The van der Waals surface area contributed by atoms with Gasteiger partial charge in [-0.3, -0.25) is 0 Å². The van der Waals surface area contributed by atoms with Crippen molar-refractivity contribution in [1.29, 1.82) is 0 Å². The SMILES string of the molecule is CNC(c1cccs1)c1cccc(Br)c1C. The predicted octanol–water partition coefficient (Wildman–Crippen LogP) is 4.13. The molecule has 84 valence electrons. The minimum Gasteiger partial charge on any atom is -0.309 e. The molecule has 1 heterocycles. The van der Waals surface area contributed by atoms with Gasteiger partial charge >= 0.3 is 0 Å². The number of nitrogens with one attached hydrogen (secondary N) is 1. The number of hydrogen-bond acceptors (Lipinski definition) is 2. The fourth-order valence-electron chi connectivity index (χ4n) is 1.84. The molecule has 1 aromatic carbocycles. The van der Waals surface area contributed by atoms with E-state index in [1.807, 2.05) is 7.05 Å². The monoisotopic (exact) mass is 295 g/mol. The molecule has 16 heavy (non-hydrogen) atoms. The summed E-state index contributed by atoms with van der Waals surface area (Å²) in [5, 5.41) is 5.50. The number of rotatable bonds is 3. The summed E-state index contributed by atoms with van der Waals surface area (Å²) in [6, 6.07) is 10.9. The van der Waals surface area contributed by atoms with Gasteiger partial charge in [0.25, 0.3) is 0 Å². The highest BCUT2D eigenvalue weighted by molar-refractivity contribution is 9.10. The van der Waals surface area contributed by atoms with Crippen LogP contribution >= 0.6 is 27.3 Å². The van der Waals surface area contributed by atoms with Crippen LogP contribution in [0.25, 0.3) is 0 Å². The molecule has 0 fully saturated rings. The van der Waals surface area contributed by atoms with Crippen molar-refractivity contribution in [2.75, 3.05) is 7.05 Å². The molecule has 0 saturated heterocycles. The van der Waals surface area contributed by atoms with Crippen LogP contribution in [0.4, 0.5) is 0 Å². The van der Waals surface area contributed by atoms with Gasteiger partial charge in [0.2, 0.25) is 0 Å². The first-order valence-electron chi connectivity index (χ1n) is 5.19. The lowest BCUT2D eigenvalue weighted by molar-refractivity contribution is 0.699. The van der Waals surface area contributed by atoms with Gasteiger partial charge in [-0.25, -0.2) is 0 Å². The Hall–Kier alpha value is -0.640. The summed E-state index contributed by atoms with van der Waals surface area (Å²) >= 11 is 5.37. The molecule has 0 bridgehead atoms. The van der Waals surface area contributed by atoms with Crippen LogP contribution in [0.3, 0.4) is 0 Å². The number of benzene rings is 1. The van der Waals surface area contributed by atoms with Crippen LogP contribution in [-0.2, 0) is 0 Å². The second-order valence-electron chi connectivity index (χ2n) is 3.69. The fraction of sp³-hybridized carbons (Fsp3) is 0.231. The number of hydrogen-bond donors (Lipinski definition) is 1. The zero-order valence-electron chi connectivity index (χ0n) is 9.33. The lowest BCUT2D eigenvalue weighted by Gasteiger charge is -2.18. The molecule has 0 saturated carbocycles. The molecule has 1 aromatic heterocycles. The summed E-state index contributed by atoms with van der Waals surface area (Å²) < 4.78 is 1.17. The molecule has 0 radical (unpaired) electrons. The zero-order chi connectivity index (χ0) is 11.5. The van der Waals surface area contributed by atoms with Crippen LogP contribution < -0.4 is 5.32 Å². The van der Waals surface area contributed by atoms with Gasteiger partial charge in [-0.1, -0.05) is 34.1 Å². The van der Waals surface area contributed by atoms with Crippen molar-refractivity contribution < 1.29 is 0 Å². The van der Waals surface area contributed by atoms with Crippen LogP contribution in [0.15, 0.2) is 40.2 Å². The van der Waals surface area contributed by atoms with Gasteiger partial charge < -0.3 is 5.32 Å². The molecule has 3 heteroatoms. The van der Waals surface area contributed by atoms with Crippen molar-refractivity contribution in [1.82, 2.24) is 5.32 Å². The lowest BCUT2D eigenvalue weighted by atomic mass is 10.0. The molecule has 1 nitrogen and oxygen atoms in total. The van der Waals surface area contributed by atoms with Crippen molar-refractivity contribution in [2.45, 2.75) is 13.0 Å². The van der Waals surface area contributed by atoms with E-state index in [1.165, 1.54) is 20.5 Å². The number of thiophene rings is 1. The van der Waals surface area contributed by atoms with Crippen LogP contribution in [0.2, 0.25) is 0 Å². The Morgan fingerprint density at radius 3 is 2.69 bits per heavy atom. The number of halogens is 1. The first-order chi connectivity index (χ1) is 7.74. The highest BCUT2D eigenvalue weighted by Gasteiger charge is 2.15. The van der Waals surface area contributed by atoms with Gasteiger partial charge in [0.15, 0.2) is 0 Å². The molecule has 1 unspecified atom stereocenters. The van der Waals surface area contributed by atoms with Crippen molar-refractivity contribution in [3.05, 3.63) is 56.2 Å². The third-order valence-corrected chi connectivity index (χ3v) is 4.53. The molecule has 2 rings (SSSR count).